The highest BCUT2D eigenvalue weighted by Gasteiger charge is 2.54. The van der Waals surface area contributed by atoms with Crippen molar-refractivity contribution in [1.82, 2.24) is 0 Å². The number of non-ortho nitro benzene ring substituents is 1. The van der Waals surface area contributed by atoms with Crippen molar-refractivity contribution in [3.8, 4) is 0 Å². The lowest BCUT2D eigenvalue weighted by molar-refractivity contribution is -0.384. The molecule has 0 heterocycles. The van der Waals surface area contributed by atoms with E-state index in [1.54, 1.807) is 13.8 Å². The van der Waals surface area contributed by atoms with Gasteiger partial charge in [-0.2, -0.15) is 0 Å². The van der Waals surface area contributed by atoms with Crippen LogP contribution in [0, 0.1) is 15.5 Å². The van der Waals surface area contributed by atoms with Crippen molar-refractivity contribution in [1.29, 1.82) is 0 Å². The zero-order valence-corrected chi connectivity index (χ0v) is 12.4. The number of nitrogens with zero attached hydrogens (tertiary/aromatic N) is 1. The summed E-state index contributed by atoms with van der Waals surface area (Å²) in [6, 6.07) is 5.44. The fraction of sp³-hybridized carbons (Fsp3) is 0.429. The van der Waals surface area contributed by atoms with Crippen LogP contribution in [0.1, 0.15) is 26.7 Å². The van der Waals surface area contributed by atoms with Gasteiger partial charge in [-0.15, -0.1) is 11.6 Å². The van der Waals surface area contributed by atoms with Crippen LogP contribution in [0.4, 0.5) is 11.4 Å². The van der Waals surface area contributed by atoms with Crippen molar-refractivity contribution < 1.29 is 14.5 Å². The molecule has 0 bridgehead atoms. The lowest BCUT2D eigenvalue weighted by Crippen LogP contribution is -2.41. The predicted octanol–water partition coefficient (Wildman–Crippen LogP) is 2.90. The Kier molecular flexibility index (Phi) is 3.76. The van der Waals surface area contributed by atoms with Crippen LogP contribution in [0.5, 0.6) is 0 Å². The maximum absolute atomic E-state index is 12.3. The van der Waals surface area contributed by atoms with Gasteiger partial charge in [0.05, 0.1) is 4.92 Å². The van der Waals surface area contributed by atoms with Gasteiger partial charge in [-0.25, -0.2) is 0 Å². The smallest absolute Gasteiger partial charge is 0.269 e. The fourth-order valence-corrected chi connectivity index (χ4v) is 2.74. The third-order valence-electron chi connectivity index (χ3n) is 3.91. The first-order valence-corrected chi connectivity index (χ1v) is 6.84. The Morgan fingerprint density at radius 3 is 2.29 bits per heavy atom. The maximum atomic E-state index is 12.3. The lowest BCUT2D eigenvalue weighted by Gasteiger charge is -2.23. The summed E-state index contributed by atoms with van der Waals surface area (Å²) in [5, 5.41) is 13.2. The third kappa shape index (κ3) is 2.76. The molecule has 1 saturated carbocycles. The lowest BCUT2D eigenvalue weighted by atomic mass is 9.85. The summed E-state index contributed by atoms with van der Waals surface area (Å²) in [4.78, 5) is 33.6. The molecule has 2 atom stereocenters. The first-order valence-electron chi connectivity index (χ1n) is 6.46. The van der Waals surface area contributed by atoms with E-state index < -0.39 is 21.1 Å². The van der Waals surface area contributed by atoms with Gasteiger partial charge in [0.25, 0.3) is 5.69 Å². The van der Waals surface area contributed by atoms with Crippen molar-refractivity contribution in [2.75, 3.05) is 5.32 Å². The summed E-state index contributed by atoms with van der Waals surface area (Å²) < 4.78 is 0. The standard InChI is InChI=1S/C14H15ClN2O4/c1-13(7-8-14(2,15)11(13)18)12(19)16-9-3-5-10(6-4-9)17(20)21/h3-6H,7-8H2,1-2H3,(H,16,19)/t13-,14+/m0/s1. The molecule has 1 fully saturated rings. The molecule has 1 aliphatic rings. The zero-order valence-electron chi connectivity index (χ0n) is 11.7. The van der Waals surface area contributed by atoms with Crippen LogP contribution in [0.3, 0.4) is 0 Å². The number of Topliss-reactive ketones (excluding diaryl/α,β-unsaturated/α-hetero) is 1. The van der Waals surface area contributed by atoms with E-state index >= 15 is 0 Å². The van der Waals surface area contributed by atoms with Gasteiger partial charge < -0.3 is 5.32 Å². The molecule has 1 N–H and O–H groups in total. The molecular weight excluding hydrogens is 296 g/mol. The van der Waals surface area contributed by atoms with Crippen molar-refractivity contribution in [3.05, 3.63) is 34.4 Å². The number of nitro groups is 1. The summed E-state index contributed by atoms with van der Waals surface area (Å²) in [6.45, 7) is 3.19. The second kappa shape index (κ2) is 5.11. The number of carbonyl (C=O) groups excluding carboxylic acids is 2. The number of ketones is 1. The van der Waals surface area contributed by atoms with E-state index in [1.165, 1.54) is 24.3 Å². The first kappa shape index (κ1) is 15.4. The largest absolute Gasteiger partial charge is 0.325 e. The molecule has 0 aromatic heterocycles. The summed E-state index contributed by atoms with van der Waals surface area (Å²) >= 11 is 6.10. The van der Waals surface area contributed by atoms with Crippen LogP contribution in [0.15, 0.2) is 24.3 Å². The highest BCUT2D eigenvalue weighted by molar-refractivity contribution is 6.38. The monoisotopic (exact) mass is 310 g/mol. The molecule has 0 unspecified atom stereocenters. The van der Waals surface area contributed by atoms with Crippen molar-refractivity contribution in [2.24, 2.45) is 5.41 Å². The molecule has 2 rings (SSSR count). The number of benzene rings is 1. The topological polar surface area (TPSA) is 89.3 Å². The number of alkyl halides is 1. The van der Waals surface area contributed by atoms with Crippen LogP contribution in [0.2, 0.25) is 0 Å². The second-order valence-corrected chi connectivity index (χ2v) is 6.45. The number of anilines is 1. The van der Waals surface area contributed by atoms with E-state index in [4.69, 9.17) is 11.6 Å². The van der Waals surface area contributed by atoms with Gasteiger partial charge in [0.15, 0.2) is 5.78 Å². The van der Waals surface area contributed by atoms with E-state index in [2.05, 4.69) is 5.32 Å². The molecular formula is C14H15ClN2O4. The van der Waals surface area contributed by atoms with E-state index in [1.807, 2.05) is 0 Å². The normalized spacial score (nSPS) is 28.4. The average molecular weight is 311 g/mol. The number of nitrogens with one attached hydrogen (secondary N) is 1. The summed E-state index contributed by atoms with van der Waals surface area (Å²) in [5.41, 5.74) is -0.828. The predicted molar refractivity (Wildman–Crippen MR) is 78.3 cm³/mol. The van der Waals surface area contributed by atoms with Gasteiger partial charge in [0, 0.05) is 17.8 Å². The van der Waals surface area contributed by atoms with Gasteiger partial charge in [-0.1, -0.05) is 0 Å². The fourth-order valence-electron chi connectivity index (χ4n) is 2.44. The molecule has 21 heavy (non-hydrogen) atoms. The molecule has 1 amide bonds. The second-order valence-electron chi connectivity index (χ2n) is 5.62. The van der Waals surface area contributed by atoms with Crippen LogP contribution in [-0.4, -0.2) is 21.5 Å². The van der Waals surface area contributed by atoms with Gasteiger partial charge in [-0.05, 0) is 38.8 Å². The third-order valence-corrected chi connectivity index (χ3v) is 4.27. The number of rotatable bonds is 3. The average Bonchev–Trinajstić information content (AvgIpc) is 2.64. The Morgan fingerprint density at radius 1 is 1.29 bits per heavy atom. The summed E-state index contributed by atoms with van der Waals surface area (Å²) in [7, 11) is 0. The Morgan fingerprint density at radius 2 is 1.86 bits per heavy atom. The van der Waals surface area contributed by atoms with Gasteiger partial charge in [-0.3, -0.25) is 19.7 Å². The van der Waals surface area contributed by atoms with E-state index in [9.17, 15) is 19.7 Å². The Labute approximate surface area is 126 Å². The van der Waals surface area contributed by atoms with Crippen molar-refractivity contribution >= 4 is 34.7 Å². The number of halogens is 1. The number of nitro benzene ring substituents is 1. The van der Waals surface area contributed by atoms with Crippen molar-refractivity contribution in [3.63, 3.8) is 0 Å². The van der Waals surface area contributed by atoms with Gasteiger partial charge >= 0.3 is 0 Å². The zero-order chi connectivity index (χ0) is 15.8. The number of carbonyl (C=O) groups is 2. The van der Waals surface area contributed by atoms with Crippen LogP contribution in [-0.2, 0) is 9.59 Å². The van der Waals surface area contributed by atoms with Gasteiger partial charge in [0.1, 0.15) is 10.3 Å². The molecule has 1 aliphatic carbocycles. The molecule has 0 radical (unpaired) electrons. The number of hydrogen-bond acceptors (Lipinski definition) is 4. The molecule has 1 aromatic carbocycles. The Hall–Kier alpha value is -1.95. The number of amides is 1. The van der Waals surface area contributed by atoms with Crippen LogP contribution >= 0.6 is 11.6 Å². The molecule has 0 spiro atoms. The van der Waals surface area contributed by atoms with E-state index in [-0.39, 0.29) is 11.5 Å². The number of hydrogen-bond donors (Lipinski definition) is 1. The summed E-state index contributed by atoms with van der Waals surface area (Å²) in [5.74, 6) is -0.734. The van der Waals surface area contributed by atoms with Gasteiger partial charge in [0.2, 0.25) is 5.91 Å². The molecule has 112 valence electrons. The van der Waals surface area contributed by atoms with Crippen molar-refractivity contribution in [2.45, 2.75) is 31.6 Å². The SMILES string of the molecule is C[C@]1(C(=O)Nc2ccc([N+](=O)[O-])cc2)CC[C@@](C)(Cl)C1=O. The highest BCUT2D eigenvalue weighted by atomic mass is 35.5. The minimum atomic E-state index is -1.17. The minimum Gasteiger partial charge on any atom is -0.325 e. The van der Waals surface area contributed by atoms with Crippen LogP contribution < -0.4 is 5.32 Å². The molecule has 0 saturated heterocycles. The maximum Gasteiger partial charge on any atom is 0.269 e. The quantitative estimate of drug-likeness (QED) is 0.402. The van der Waals surface area contributed by atoms with E-state index in [0.717, 1.165) is 0 Å². The Balaban J connectivity index is 2.15. The van der Waals surface area contributed by atoms with E-state index in [0.29, 0.717) is 18.5 Å². The minimum absolute atomic E-state index is 0.0653. The summed E-state index contributed by atoms with van der Waals surface area (Å²) in [6.07, 6.45) is 0.822. The first-order chi connectivity index (χ1) is 9.67. The Bertz CT molecular complexity index is 612. The van der Waals surface area contributed by atoms with Crippen LogP contribution in [0.25, 0.3) is 0 Å². The molecule has 6 nitrogen and oxygen atoms in total. The highest BCUT2D eigenvalue weighted by Crippen LogP contribution is 2.44. The molecule has 1 aromatic rings. The molecule has 0 aliphatic heterocycles. The molecule has 7 heteroatoms.